The number of hydrogen-bond acceptors (Lipinski definition) is 12. The van der Waals surface area contributed by atoms with E-state index in [0.29, 0.717) is 32.8 Å². The predicted molar refractivity (Wildman–Crippen MR) is 218 cm³/mol. The molecule has 0 aliphatic carbocycles. The van der Waals surface area contributed by atoms with Gasteiger partial charge >= 0.3 is 0 Å². The fourth-order valence-corrected chi connectivity index (χ4v) is 8.48. The van der Waals surface area contributed by atoms with Gasteiger partial charge in [-0.3, -0.25) is 13.7 Å². The van der Waals surface area contributed by atoms with Gasteiger partial charge < -0.3 is 9.97 Å². The van der Waals surface area contributed by atoms with Crippen LogP contribution in [0.25, 0.3) is 89.7 Å². The smallest absolute Gasteiger partial charge is 0.294 e. The van der Waals surface area contributed by atoms with Crippen LogP contribution in [0.3, 0.4) is 0 Å². The van der Waals surface area contributed by atoms with E-state index < -0.39 is 45.0 Å². The van der Waals surface area contributed by atoms with Crippen molar-refractivity contribution in [3.8, 4) is 57.4 Å². The summed E-state index contributed by atoms with van der Waals surface area (Å²) in [5, 5.41) is 1.53. The predicted octanol–water partition coefficient (Wildman–Crippen LogP) is 6.01. The number of benzene rings is 5. The van der Waals surface area contributed by atoms with Crippen LogP contribution in [-0.4, -0.2) is 78.8 Å². The van der Waals surface area contributed by atoms with E-state index in [1.165, 1.54) is 42.5 Å². The SMILES string of the molecule is O=S(=O)(O)c1ccc2c(c1)-c1nc-2nc2[nH]c(nc3nc(nc4[nH]c(n1)c1ccc(C#Cc5ccccc5)cc41)-c1ccc(S(=O)(=O)O)cc1-3)c1ccc(S(=O)(=O)O)cc21. The van der Waals surface area contributed by atoms with Gasteiger partial charge in [-0.2, -0.15) is 25.3 Å². The lowest BCUT2D eigenvalue weighted by molar-refractivity contribution is 0.481. The van der Waals surface area contributed by atoms with Crippen LogP contribution in [0.2, 0.25) is 0 Å². The quantitative estimate of drug-likeness (QED) is 0.101. The van der Waals surface area contributed by atoms with Crippen LogP contribution in [0.5, 0.6) is 0 Å². The fraction of sp³-hybridized carbons (Fsp3) is 0. The highest BCUT2D eigenvalue weighted by Gasteiger charge is 2.26. The lowest BCUT2D eigenvalue weighted by atomic mass is 10.1. The zero-order chi connectivity index (χ0) is 41.7. The molecule has 17 nitrogen and oxygen atoms in total. The highest BCUT2D eigenvalue weighted by atomic mass is 32.2. The van der Waals surface area contributed by atoms with Crippen molar-refractivity contribution in [2.75, 3.05) is 0 Å². The molecule has 0 amide bonds. The van der Waals surface area contributed by atoms with Crippen molar-refractivity contribution in [1.29, 1.82) is 0 Å². The number of aromatic nitrogens is 8. The molecule has 0 fully saturated rings. The highest BCUT2D eigenvalue weighted by molar-refractivity contribution is 7.86. The minimum absolute atomic E-state index is 0.000835. The van der Waals surface area contributed by atoms with Gasteiger partial charge in [-0.25, -0.2) is 29.9 Å². The van der Waals surface area contributed by atoms with Crippen molar-refractivity contribution in [2.45, 2.75) is 14.7 Å². The van der Waals surface area contributed by atoms with Crippen molar-refractivity contribution in [3.63, 3.8) is 0 Å². The van der Waals surface area contributed by atoms with Gasteiger partial charge in [-0.1, -0.05) is 30.0 Å². The van der Waals surface area contributed by atoms with E-state index in [4.69, 9.17) is 24.9 Å². The Morgan fingerprint density at radius 3 is 1.28 bits per heavy atom. The zero-order valence-corrected chi connectivity index (χ0v) is 32.5. The van der Waals surface area contributed by atoms with Gasteiger partial charge in [0.05, 0.1) is 14.7 Å². The first-order chi connectivity index (χ1) is 28.6. The first-order valence-corrected chi connectivity index (χ1v) is 21.8. The standard InChI is InChI=1S/C40H22N8O9S3/c49-58(50,51)22-9-13-26-30(17-22)39-44-34(26)42-37-29-16-21(7-6-20-4-2-1-3-5-20)8-12-25(29)33(41-37)43-38-31-18-23(59(52,53)54)10-14-27(31)35(45-38)47-40-32-19-24(60(55,56)57)11-15-28(32)36(46-39)48-40/h1-5,8-19H,(H,49,50,51)(H,52,53,54)(H,55,56,57)(H2,41,42,43,44,45,46,47,48). The number of fused-ring (bicyclic) bond motifs is 20. The van der Waals surface area contributed by atoms with Crippen LogP contribution in [0.15, 0.2) is 118 Å². The maximum atomic E-state index is 12.3. The van der Waals surface area contributed by atoms with Crippen molar-refractivity contribution in [1.82, 2.24) is 39.9 Å². The van der Waals surface area contributed by atoms with Gasteiger partial charge in [0.15, 0.2) is 23.3 Å². The summed E-state index contributed by atoms with van der Waals surface area (Å²) in [6.45, 7) is 0. The van der Waals surface area contributed by atoms with Crippen molar-refractivity contribution < 1.29 is 38.9 Å². The van der Waals surface area contributed by atoms with E-state index in [0.717, 1.165) is 17.7 Å². The monoisotopic (exact) mass is 854 g/mol. The molecule has 2 aliphatic rings. The van der Waals surface area contributed by atoms with Gasteiger partial charge in [-0.05, 0) is 84.9 Å². The molecule has 5 heterocycles. The second-order valence-corrected chi connectivity index (χ2v) is 17.8. The lowest BCUT2D eigenvalue weighted by Gasteiger charge is -2.02. The summed E-state index contributed by atoms with van der Waals surface area (Å²) in [4.78, 5) is 33.5. The first-order valence-electron chi connectivity index (χ1n) is 17.5. The summed E-state index contributed by atoms with van der Waals surface area (Å²) in [5.74, 6) is 6.32. The molecule has 2 aliphatic heterocycles. The summed E-state index contributed by atoms with van der Waals surface area (Å²) < 4.78 is 104. The summed E-state index contributed by atoms with van der Waals surface area (Å²) in [7, 11) is -14.1. The molecule has 8 aromatic rings. The average molecular weight is 855 g/mol. The Morgan fingerprint density at radius 1 is 0.383 bits per heavy atom. The lowest BCUT2D eigenvalue weighted by Crippen LogP contribution is -1.98. The third kappa shape index (κ3) is 6.43. The van der Waals surface area contributed by atoms with E-state index in [1.54, 1.807) is 18.2 Å². The third-order valence-corrected chi connectivity index (χ3v) is 12.3. The van der Waals surface area contributed by atoms with E-state index in [1.807, 2.05) is 30.3 Å². The molecule has 0 saturated heterocycles. The molecule has 294 valence electrons. The van der Waals surface area contributed by atoms with Gasteiger partial charge in [0, 0.05) is 54.9 Å². The number of nitrogens with one attached hydrogen (secondary N) is 2. The first kappa shape index (κ1) is 37.0. The molecule has 5 aromatic carbocycles. The number of aromatic amines is 2. The fourth-order valence-electron chi connectivity index (χ4n) is 6.96. The number of nitrogens with zero attached hydrogens (tertiary/aromatic N) is 6. The van der Waals surface area contributed by atoms with Gasteiger partial charge in [0.25, 0.3) is 30.4 Å². The Bertz CT molecular complexity index is 3790. The van der Waals surface area contributed by atoms with Crippen LogP contribution in [0.4, 0.5) is 0 Å². The second kappa shape index (κ2) is 13.1. The maximum Gasteiger partial charge on any atom is 0.294 e. The van der Waals surface area contributed by atoms with Crippen LogP contribution < -0.4 is 0 Å². The van der Waals surface area contributed by atoms with Crippen molar-refractivity contribution in [3.05, 3.63) is 114 Å². The Balaban J connectivity index is 1.36. The number of hydrogen-bond donors (Lipinski definition) is 5. The Kier molecular flexibility index (Phi) is 8.11. The molecular weight excluding hydrogens is 833 g/mol. The highest BCUT2D eigenvalue weighted by Crippen LogP contribution is 2.39. The van der Waals surface area contributed by atoms with Crippen LogP contribution in [-0.2, 0) is 30.4 Å². The van der Waals surface area contributed by atoms with E-state index in [-0.39, 0.29) is 62.4 Å². The molecule has 8 bridgehead atoms. The van der Waals surface area contributed by atoms with Crippen LogP contribution in [0.1, 0.15) is 11.1 Å². The van der Waals surface area contributed by atoms with E-state index in [9.17, 15) is 38.9 Å². The number of H-pyrrole nitrogens is 2. The number of rotatable bonds is 3. The third-order valence-electron chi connectivity index (χ3n) is 9.76. The van der Waals surface area contributed by atoms with E-state index in [2.05, 4.69) is 26.8 Å². The summed E-state index contributed by atoms with van der Waals surface area (Å²) in [6, 6.07) is 26.0. The molecule has 10 rings (SSSR count). The molecule has 0 spiro atoms. The molecule has 0 radical (unpaired) electrons. The zero-order valence-electron chi connectivity index (χ0n) is 30.0. The normalized spacial score (nSPS) is 12.5. The molecular formula is C40H22N8O9S3. The molecule has 0 unspecified atom stereocenters. The summed E-state index contributed by atoms with van der Waals surface area (Å²) >= 11 is 0. The Labute approximate surface area is 338 Å². The average Bonchev–Trinajstić information content (AvgIpc) is 3.94. The maximum absolute atomic E-state index is 12.3. The topological polar surface area (TPSA) is 272 Å². The molecule has 20 heteroatoms. The summed E-state index contributed by atoms with van der Waals surface area (Å²) in [6.07, 6.45) is 0. The van der Waals surface area contributed by atoms with Gasteiger partial charge in [0.1, 0.15) is 22.6 Å². The van der Waals surface area contributed by atoms with Crippen LogP contribution in [0, 0.1) is 11.8 Å². The van der Waals surface area contributed by atoms with Crippen LogP contribution >= 0.6 is 0 Å². The van der Waals surface area contributed by atoms with Crippen molar-refractivity contribution in [2.24, 2.45) is 0 Å². The Morgan fingerprint density at radius 2 is 0.783 bits per heavy atom. The second-order valence-electron chi connectivity index (χ2n) is 13.5. The van der Waals surface area contributed by atoms with Gasteiger partial charge in [0.2, 0.25) is 0 Å². The molecule has 3 aromatic heterocycles. The Hall–Kier alpha value is -7.25. The molecule has 5 N–H and O–H groups in total. The van der Waals surface area contributed by atoms with Gasteiger partial charge in [-0.15, -0.1) is 0 Å². The minimum atomic E-state index is -4.70. The largest absolute Gasteiger partial charge is 0.324 e. The molecule has 60 heavy (non-hydrogen) atoms. The molecule has 0 saturated carbocycles. The van der Waals surface area contributed by atoms with Crippen molar-refractivity contribution >= 4 is 74.5 Å². The molecule has 0 atom stereocenters. The van der Waals surface area contributed by atoms with E-state index >= 15 is 0 Å². The summed E-state index contributed by atoms with van der Waals surface area (Å²) in [5.41, 5.74) is 2.95. The minimum Gasteiger partial charge on any atom is -0.324 e.